The number of ether oxygens (including phenoxy) is 4. The number of pyridine rings is 2. The Morgan fingerprint density at radius 1 is 0.901 bits per heavy atom. The maximum atomic E-state index is 14.9. The van der Waals surface area contributed by atoms with Gasteiger partial charge in [-0.05, 0) is 177 Å². The number of carbonyl (C=O) groups is 1. The molecule has 5 aliphatic heterocycles. The third-order valence-corrected chi connectivity index (χ3v) is 22.0. The summed E-state index contributed by atoms with van der Waals surface area (Å²) in [6.45, 7) is 16.7. The van der Waals surface area contributed by atoms with Crippen LogP contribution >= 0.6 is 0 Å². The Morgan fingerprint density at radius 3 is 2.45 bits per heavy atom. The van der Waals surface area contributed by atoms with Gasteiger partial charge in [-0.25, -0.2) is 18.1 Å². The number of benzene rings is 3. The van der Waals surface area contributed by atoms with Gasteiger partial charge in [-0.15, -0.1) is 0 Å². The van der Waals surface area contributed by atoms with Gasteiger partial charge in [0.15, 0.2) is 11.6 Å². The zero-order valence-corrected chi connectivity index (χ0v) is 53.9. The fourth-order valence-corrected chi connectivity index (χ4v) is 16.6. The molecule has 3 aromatic carbocycles. The first-order valence-electron chi connectivity index (χ1n) is 32.6. The fraction of sp³-hybridized carbons (Fsp3) is 0.544. The molecule has 6 fully saturated rings. The molecular formula is C68H87N11O11S. The van der Waals surface area contributed by atoms with Crippen molar-refractivity contribution < 1.29 is 47.3 Å². The Bertz CT molecular complexity index is 3780. The standard InChI is InChI=1S/C68H87N11O11S/c1-43(2)89-59-10-8-7-9-51(59)58-41-74(40-46-31-60(87-6)63(71-39-46)76-27-21-67(5,82)35-44(76)3)28-29-77(58)49-36-68(37-49)22-25-75(26-23-68)48-11-13-52(55(33-48)78-54-18-30-88-42-61(54)90-65-57(78)32-47-17-24-69-62(47)72-65)64(80)73-91(85,86)50-12-14-53(56(34-50)79(83)84)70-38-45-15-19-66(4,81)20-16-45/h7-14,17,24,31-34,39,43-45,49,54,58,61,70,81-82H,15-16,18-23,25-30,35-38,40-42H2,1-6H3,(H,69,72)(H,73,80)/t44-,45?,54-,58+,61-,66?,67-/m0/s1. The van der Waals surface area contributed by atoms with Gasteiger partial charge in [-0.1, -0.05) is 18.2 Å². The SMILES string of the molecule is COc1cc(CN2CCN(C3CC4(CCN(c5ccc(C(=O)NS(=O)(=O)c6ccc(NCC7CCC(C)(O)CC7)c([N+](=O)[O-])c6)c(N6c7cc8cc[nH]c8nc7O[C@H]7COCC[C@@H]76)c5)CC4)C3)[C@@H](c3ccccc3OC(C)C)C2)cnc1N1CC[C@](C)(O)C[C@@H]1C. The number of hydrogen-bond acceptors (Lipinski definition) is 19. The second-order valence-electron chi connectivity index (χ2n) is 27.7. The maximum Gasteiger partial charge on any atom is 0.293 e. The molecule has 22 nitrogen and oxygen atoms in total. The van der Waals surface area contributed by atoms with Crippen LogP contribution in [0.4, 0.5) is 34.3 Å². The lowest BCUT2D eigenvalue weighted by molar-refractivity contribution is -0.384. The summed E-state index contributed by atoms with van der Waals surface area (Å²) >= 11 is 0. The van der Waals surface area contributed by atoms with E-state index in [1.807, 2.05) is 44.3 Å². The molecule has 2 saturated carbocycles. The normalized spacial score (nSPS) is 26.4. The highest BCUT2D eigenvalue weighted by molar-refractivity contribution is 7.90. The van der Waals surface area contributed by atoms with Crippen LogP contribution in [-0.4, -0.2) is 162 Å². The number of nitro groups is 1. The smallest absolute Gasteiger partial charge is 0.293 e. The number of nitro benzene ring substituents is 1. The summed E-state index contributed by atoms with van der Waals surface area (Å²) in [4.78, 5) is 51.4. The lowest BCUT2D eigenvalue weighted by Gasteiger charge is -2.58. The van der Waals surface area contributed by atoms with Crippen LogP contribution in [0.5, 0.6) is 17.4 Å². The summed E-state index contributed by atoms with van der Waals surface area (Å²) in [6, 6.07) is 24.0. The molecule has 8 heterocycles. The number of piperazine rings is 1. The van der Waals surface area contributed by atoms with E-state index in [2.05, 4.69) is 90.6 Å². The molecule has 5 N–H and O–H groups in total. The summed E-state index contributed by atoms with van der Waals surface area (Å²) in [5, 5.41) is 37.7. The van der Waals surface area contributed by atoms with Crippen molar-refractivity contribution in [2.24, 2.45) is 11.3 Å². The van der Waals surface area contributed by atoms with Gasteiger partial charge in [0, 0.05) is 106 Å². The van der Waals surface area contributed by atoms with E-state index in [-0.39, 0.29) is 53.4 Å². The molecule has 0 bridgehead atoms. The Hall–Kier alpha value is -7.28. The molecule has 1 spiro atoms. The number of aliphatic hydroxyl groups is 2. The van der Waals surface area contributed by atoms with Crippen LogP contribution in [0.25, 0.3) is 11.0 Å². The molecule has 0 unspecified atom stereocenters. The average molecular weight is 1270 g/mol. The predicted molar refractivity (Wildman–Crippen MR) is 348 cm³/mol. The third kappa shape index (κ3) is 13.0. The van der Waals surface area contributed by atoms with Gasteiger partial charge in [0.25, 0.3) is 21.6 Å². The van der Waals surface area contributed by atoms with Gasteiger partial charge in [0.05, 0.1) is 64.2 Å². The summed E-state index contributed by atoms with van der Waals surface area (Å²) < 4.78 is 56.1. The van der Waals surface area contributed by atoms with E-state index in [1.165, 1.54) is 17.7 Å². The second-order valence-corrected chi connectivity index (χ2v) is 29.4. The van der Waals surface area contributed by atoms with E-state index in [4.69, 9.17) is 28.9 Å². The van der Waals surface area contributed by atoms with Crippen LogP contribution in [0.1, 0.15) is 133 Å². The minimum absolute atomic E-state index is 0.0117. The highest BCUT2D eigenvalue weighted by Gasteiger charge is 2.51. The van der Waals surface area contributed by atoms with Gasteiger partial charge in [0.1, 0.15) is 28.9 Å². The number of carbonyl (C=O) groups excluding carboxylic acids is 1. The number of anilines is 5. The van der Waals surface area contributed by atoms with Gasteiger partial charge in [-0.2, -0.15) is 4.98 Å². The van der Waals surface area contributed by atoms with Crippen molar-refractivity contribution in [1.82, 2.24) is 29.5 Å². The highest BCUT2D eigenvalue weighted by Crippen LogP contribution is 2.54. The molecule has 6 aromatic rings. The highest BCUT2D eigenvalue weighted by atomic mass is 32.2. The quantitative estimate of drug-likeness (QED) is 0.0421. The lowest BCUT2D eigenvalue weighted by atomic mass is 9.59. The van der Waals surface area contributed by atoms with Crippen molar-refractivity contribution >= 4 is 61.2 Å². The van der Waals surface area contributed by atoms with Crippen LogP contribution in [0.2, 0.25) is 0 Å². The fourth-order valence-electron chi connectivity index (χ4n) is 15.6. The Morgan fingerprint density at radius 2 is 1.69 bits per heavy atom. The number of H-pyrrole nitrogens is 1. The molecule has 5 atom stereocenters. The summed E-state index contributed by atoms with van der Waals surface area (Å²) in [6.07, 6.45) is 12.1. The van der Waals surface area contributed by atoms with Crippen LogP contribution in [0.15, 0.2) is 96.2 Å². The molecule has 2 aliphatic carbocycles. The van der Waals surface area contributed by atoms with Crippen molar-refractivity contribution in [3.63, 3.8) is 0 Å². The van der Waals surface area contributed by atoms with Crippen molar-refractivity contribution in [1.29, 1.82) is 0 Å². The number of para-hydroxylation sites is 1. The summed E-state index contributed by atoms with van der Waals surface area (Å²) in [5.41, 5.74) is 3.46. The van der Waals surface area contributed by atoms with Gasteiger partial charge < -0.3 is 54.2 Å². The Kier molecular flexibility index (Phi) is 17.2. The zero-order valence-electron chi connectivity index (χ0n) is 53.1. The minimum atomic E-state index is -4.66. The lowest BCUT2D eigenvalue weighted by Crippen LogP contribution is -2.59. The van der Waals surface area contributed by atoms with E-state index in [1.54, 1.807) is 19.4 Å². The predicted octanol–water partition coefficient (Wildman–Crippen LogP) is 9.87. The first-order chi connectivity index (χ1) is 43.6. The molecule has 4 saturated heterocycles. The van der Waals surface area contributed by atoms with Crippen molar-refractivity contribution in [3.05, 3.63) is 118 Å². The molecule has 486 valence electrons. The number of piperidine rings is 2. The third-order valence-electron chi connectivity index (χ3n) is 20.6. The molecule has 7 aliphatic rings. The number of fused-ring (bicyclic) bond motifs is 3. The molecule has 91 heavy (non-hydrogen) atoms. The van der Waals surface area contributed by atoms with Gasteiger partial charge >= 0.3 is 0 Å². The van der Waals surface area contributed by atoms with E-state index in [0.717, 1.165) is 118 Å². The number of nitrogens with one attached hydrogen (secondary N) is 3. The number of methoxy groups -OCH3 is 1. The average Bonchev–Trinajstić information content (AvgIpc) is 1.37. The molecule has 0 radical (unpaired) electrons. The number of nitrogens with zero attached hydrogens (tertiary/aromatic N) is 8. The van der Waals surface area contributed by atoms with Crippen LogP contribution < -0.4 is 38.9 Å². The first-order valence-corrected chi connectivity index (χ1v) is 34.1. The van der Waals surface area contributed by atoms with Crippen molar-refractivity contribution in [2.75, 3.05) is 86.2 Å². The van der Waals surface area contributed by atoms with Crippen LogP contribution in [-0.2, 0) is 21.3 Å². The van der Waals surface area contributed by atoms with E-state index in [9.17, 15) is 33.5 Å². The van der Waals surface area contributed by atoms with Gasteiger partial charge in [-0.3, -0.25) is 24.7 Å². The molecule has 23 heteroatoms. The molecule has 13 rings (SSSR count). The number of amides is 1. The molecular weight excluding hydrogens is 1180 g/mol. The minimum Gasteiger partial charge on any atom is -0.493 e. The van der Waals surface area contributed by atoms with Crippen molar-refractivity contribution in [3.8, 4) is 17.4 Å². The first kappa shape index (κ1) is 62.5. The van der Waals surface area contributed by atoms with E-state index >= 15 is 0 Å². The molecule has 3 aromatic heterocycles. The van der Waals surface area contributed by atoms with Crippen molar-refractivity contribution in [2.45, 2.75) is 164 Å². The topological polar surface area (TPSA) is 254 Å². The zero-order chi connectivity index (χ0) is 63.6. The van der Waals surface area contributed by atoms with E-state index in [0.29, 0.717) is 80.7 Å². The van der Waals surface area contributed by atoms with E-state index < -0.39 is 48.7 Å². The maximum absolute atomic E-state index is 14.9. The van der Waals surface area contributed by atoms with Gasteiger partial charge in [0.2, 0.25) is 5.88 Å². The van der Waals surface area contributed by atoms with Crippen LogP contribution in [0, 0.1) is 21.4 Å². The largest absolute Gasteiger partial charge is 0.493 e. The molecule has 1 amide bonds. The Balaban J connectivity index is 0.739. The van der Waals surface area contributed by atoms with Crippen LogP contribution in [0.3, 0.4) is 0 Å². The number of rotatable bonds is 17. The monoisotopic (exact) mass is 1270 g/mol. The number of aromatic nitrogens is 3. The number of aromatic amines is 1. The second kappa shape index (κ2) is 25.0. The summed E-state index contributed by atoms with van der Waals surface area (Å²) in [5.74, 6) is 2.12. The number of sulfonamides is 1. The number of hydrogen-bond donors (Lipinski definition) is 5. The Labute approximate surface area is 532 Å². The summed E-state index contributed by atoms with van der Waals surface area (Å²) in [7, 11) is -2.96.